The molecule has 0 saturated carbocycles. The number of carbonyl (C=O) groups excluding carboxylic acids is 1. The minimum absolute atomic E-state index is 0.207. The number of ether oxygens (including phenoxy) is 1. The number of nitrogens with one attached hydrogen (secondary N) is 1. The van der Waals surface area contributed by atoms with E-state index in [1.165, 1.54) is 0 Å². The molecular weight excluding hydrogens is 376 g/mol. The Morgan fingerprint density at radius 1 is 1.21 bits per heavy atom. The first-order valence-corrected chi connectivity index (χ1v) is 10.2. The first-order valence-electron chi connectivity index (χ1n) is 9.82. The van der Waals surface area contributed by atoms with Gasteiger partial charge < -0.3 is 10.1 Å². The quantitative estimate of drug-likeness (QED) is 0.848. The molecule has 2 aromatic rings. The van der Waals surface area contributed by atoms with E-state index in [0.29, 0.717) is 33.9 Å². The number of anilines is 1. The molecule has 2 aliphatic heterocycles. The fourth-order valence-electron chi connectivity index (χ4n) is 4.02. The van der Waals surface area contributed by atoms with Gasteiger partial charge in [-0.2, -0.15) is 0 Å². The number of rotatable bonds is 4. The third kappa shape index (κ3) is 4.35. The van der Waals surface area contributed by atoms with Gasteiger partial charge in [-0.05, 0) is 57.0 Å². The third-order valence-electron chi connectivity index (χ3n) is 5.64. The van der Waals surface area contributed by atoms with Crippen LogP contribution in [0.1, 0.15) is 47.1 Å². The summed E-state index contributed by atoms with van der Waals surface area (Å²) in [6, 6.07) is 7.65. The van der Waals surface area contributed by atoms with Gasteiger partial charge in [-0.1, -0.05) is 11.6 Å². The molecule has 2 aliphatic rings. The van der Waals surface area contributed by atoms with E-state index >= 15 is 0 Å². The maximum atomic E-state index is 12.6. The molecule has 28 heavy (non-hydrogen) atoms. The van der Waals surface area contributed by atoms with Gasteiger partial charge in [0.1, 0.15) is 5.82 Å². The van der Waals surface area contributed by atoms with Gasteiger partial charge in [0.05, 0.1) is 11.3 Å². The Morgan fingerprint density at radius 2 is 1.96 bits per heavy atom. The summed E-state index contributed by atoms with van der Waals surface area (Å²) in [4.78, 5) is 24.3. The van der Waals surface area contributed by atoms with Gasteiger partial charge in [-0.3, -0.25) is 9.69 Å². The fraction of sp³-hybridized carbons (Fsp3) is 0.476. The smallest absolute Gasteiger partial charge is 0.259 e. The highest BCUT2D eigenvalue weighted by atomic mass is 35.5. The van der Waals surface area contributed by atoms with Crippen molar-refractivity contribution in [2.45, 2.75) is 38.1 Å². The number of benzene rings is 1. The summed E-state index contributed by atoms with van der Waals surface area (Å²) in [7, 11) is 0. The molecule has 1 unspecified atom stereocenters. The molecule has 1 N–H and O–H groups in total. The molecule has 1 amide bonds. The maximum absolute atomic E-state index is 12.6. The highest BCUT2D eigenvalue weighted by molar-refractivity contribution is 6.30. The first-order chi connectivity index (χ1) is 13.6. The molecule has 0 aliphatic carbocycles. The van der Waals surface area contributed by atoms with Crippen molar-refractivity contribution < 1.29 is 9.53 Å². The summed E-state index contributed by atoms with van der Waals surface area (Å²) in [5.74, 6) is 0.964. The van der Waals surface area contributed by atoms with Gasteiger partial charge in [0.25, 0.3) is 5.91 Å². The molecule has 2 fully saturated rings. The van der Waals surface area contributed by atoms with Crippen LogP contribution in [-0.2, 0) is 4.74 Å². The van der Waals surface area contributed by atoms with E-state index in [4.69, 9.17) is 16.3 Å². The van der Waals surface area contributed by atoms with Gasteiger partial charge in [0, 0.05) is 48.6 Å². The van der Waals surface area contributed by atoms with Crippen LogP contribution in [0.3, 0.4) is 0 Å². The van der Waals surface area contributed by atoms with Crippen LogP contribution in [0.5, 0.6) is 0 Å². The number of aromatic nitrogens is 2. The molecule has 0 bridgehead atoms. The summed E-state index contributed by atoms with van der Waals surface area (Å²) < 4.78 is 5.47. The van der Waals surface area contributed by atoms with Crippen LogP contribution in [0.2, 0.25) is 5.02 Å². The molecule has 7 heteroatoms. The summed E-state index contributed by atoms with van der Waals surface area (Å²) in [6.07, 6.45) is 4.93. The zero-order chi connectivity index (χ0) is 19.5. The highest BCUT2D eigenvalue weighted by Crippen LogP contribution is 2.29. The van der Waals surface area contributed by atoms with E-state index in [1.54, 1.807) is 30.5 Å². The number of halogens is 1. The number of aryl methyl sites for hydroxylation is 1. The van der Waals surface area contributed by atoms with Crippen molar-refractivity contribution >= 4 is 23.2 Å². The van der Waals surface area contributed by atoms with Crippen LogP contribution in [0.4, 0.5) is 5.69 Å². The van der Waals surface area contributed by atoms with Gasteiger partial charge in [0.2, 0.25) is 0 Å². The second-order valence-corrected chi connectivity index (χ2v) is 7.95. The molecular formula is C21H25ClN4O2. The molecule has 4 rings (SSSR count). The Labute approximate surface area is 170 Å². The zero-order valence-electron chi connectivity index (χ0n) is 16.0. The molecule has 148 valence electrons. The standard InChI is InChI=1S/C21H25ClN4O2/c1-14-19(21(27)25-17-4-2-16(22)3-5-17)12-23-20(24-14)15-6-9-26(13-15)18-7-10-28-11-8-18/h2-5,12,15,18H,6-11,13H2,1H3,(H,25,27). The molecule has 0 spiro atoms. The summed E-state index contributed by atoms with van der Waals surface area (Å²) in [6.45, 7) is 5.65. The number of amides is 1. The third-order valence-corrected chi connectivity index (χ3v) is 5.89. The SMILES string of the molecule is Cc1nc(C2CCN(C3CCOCC3)C2)ncc1C(=O)Nc1ccc(Cl)cc1. The van der Waals surface area contributed by atoms with Crippen LogP contribution in [0.15, 0.2) is 30.5 Å². The van der Waals surface area contributed by atoms with Crippen molar-refractivity contribution in [1.82, 2.24) is 14.9 Å². The lowest BCUT2D eigenvalue weighted by Gasteiger charge is -2.30. The first kappa shape index (κ1) is 19.3. The van der Waals surface area contributed by atoms with Gasteiger partial charge in [-0.25, -0.2) is 9.97 Å². The van der Waals surface area contributed by atoms with E-state index < -0.39 is 0 Å². The molecule has 6 nitrogen and oxygen atoms in total. The predicted octanol–water partition coefficient (Wildman–Crippen LogP) is 3.66. The Hall–Kier alpha value is -2.02. The monoisotopic (exact) mass is 400 g/mol. The molecule has 2 saturated heterocycles. The maximum Gasteiger partial charge on any atom is 0.259 e. The summed E-state index contributed by atoms with van der Waals surface area (Å²) in [5, 5.41) is 3.50. The normalized spacial score (nSPS) is 21.0. The number of hydrogen-bond acceptors (Lipinski definition) is 5. The van der Waals surface area contributed by atoms with E-state index in [9.17, 15) is 4.79 Å². The number of hydrogen-bond donors (Lipinski definition) is 1. The average molecular weight is 401 g/mol. The van der Waals surface area contributed by atoms with Gasteiger partial charge in [0.15, 0.2) is 0 Å². The lowest BCUT2D eigenvalue weighted by atomic mass is 10.1. The second kappa shape index (κ2) is 8.55. The van der Waals surface area contributed by atoms with Gasteiger partial charge in [-0.15, -0.1) is 0 Å². The largest absolute Gasteiger partial charge is 0.381 e. The number of likely N-dealkylation sites (tertiary alicyclic amines) is 1. The minimum Gasteiger partial charge on any atom is -0.381 e. The molecule has 1 aromatic carbocycles. The predicted molar refractivity (Wildman–Crippen MR) is 109 cm³/mol. The van der Waals surface area contributed by atoms with Crippen molar-refractivity contribution in [1.29, 1.82) is 0 Å². The van der Waals surface area contributed by atoms with Crippen molar-refractivity contribution in [3.05, 3.63) is 52.6 Å². The second-order valence-electron chi connectivity index (χ2n) is 7.51. The van der Waals surface area contributed by atoms with Crippen LogP contribution in [-0.4, -0.2) is 53.1 Å². The van der Waals surface area contributed by atoms with Crippen molar-refractivity contribution in [3.63, 3.8) is 0 Å². The number of nitrogens with zero attached hydrogens (tertiary/aromatic N) is 3. The van der Waals surface area contributed by atoms with Crippen LogP contribution < -0.4 is 5.32 Å². The minimum atomic E-state index is -0.207. The molecule has 1 aromatic heterocycles. The van der Waals surface area contributed by atoms with Crippen LogP contribution in [0.25, 0.3) is 0 Å². The lowest BCUT2D eigenvalue weighted by molar-refractivity contribution is 0.0419. The number of carbonyl (C=O) groups is 1. The lowest BCUT2D eigenvalue weighted by Crippen LogP contribution is -2.37. The molecule has 3 heterocycles. The fourth-order valence-corrected chi connectivity index (χ4v) is 4.14. The summed E-state index contributed by atoms with van der Waals surface area (Å²) in [5.41, 5.74) is 1.90. The Bertz CT molecular complexity index is 837. The van der Waals surface area contributed by atoms with Crippen molar-refractivity contribution in [3.8, 4) is 0 Å². The Balaban J connectivity index is 1.41. The summed E-state index contributed by atoms with van der Waals surface area (Å²) >= 11 is 5.89. The van der Waals surface area contributed by atoms with Gasteiger partial charge >= 0.3 is 0 Å². The van der Waals surface area contributed by atoms with E-state index in [2.05, 4.69) is 20.2 Å². The zero-order valence-corrected chi connectivity index (χ0v) is 16.8. The highest BCUT2D eigenvalue weighted by Gasteiger charge is 2.31. The van der Waals surface area contributed by atoms with E-state index in [-0.39, 0.29) is 5.91 Å². The van der Waals surface area contributed by atoms with Crippen LogP contribution >= 0.6 is 11.6 Å². The van der Waals surface area contributed by atoms with E-state index in [0.717, 1.165) is 51.4 Å². The van der Waals surface area contributed by atoms with Crippen LogP contribution in [0, 0.1) is 6.92 Å². The molecule has 0 radical (unpaired) electrons. The van der Waals surface area contributed by atoms with Crippen molar-refractivity contribution in [2.24, 2.45) is 0 Å². The van der Waals surface area contributed by atoms with E-state index in [1.807, 2.05) is 6.92 Å². The Morgan fingerprint density at radius 3 is 2.68 bits per heavy atom. The topological polar surface area (TPSA) is 67.3 Å². The molecule has 1 atom stereocenters. The van der Waals surface area contributed by atoms with Crippen molar-refractivity contribution in [2.75, 3.05) is 31.6 Å². The Kier molecular flexibility index (Phi) is 5.90. The average Bonchev–Trinajstić information content (AvgIpc) is 3.20.